The fraction of sp³-hybridized carbons (Fsp3) is 0.444. The average Bonchev–Trinajstić information content (AvgIpc) is 3.28. The van der Waals surface area contributed by atoms with Gasteiger partial charge in [-0.2, -0.15) is 0 Å². The zero-order valence-corrected chi connectivity index (χ0v) is 21.4. The molecule has 0 aliphatic carbocycles. The number of rotatable bonds is 10. The van der Waals surface area contributed by atoms with Crippen LogP contribution in [0, 0.1) is 5.92 Å². The van der Waals surface area contributed by atoms with Gasteiger partial charge in [0.05, 0.1) is 45.0 Å². The molecule has 2 aromatic carbocycles. The minimum atomic E-state index is -1.14. The molecule has 0 spiro atoms. The van der Waals surface area contributed by atoms with E-state index in [0.29, 0.717) is 35.3 Å². The maximum Gasteiger partial charge on any atom is 0.321 e. The van der Waals surface area contributed by atoms with E-state index in [4.69, 9.17) is 23.9 Å². The van der Waals surface area contributed by atoms with Gasteiger partial charge in [0.15, 0.2) is 17.4 Å². The zero-order valence-electron chi connectivity index (χ0n) is 21.4. The molecule has 0 unspecified atom stereocenters. The molecule has 0 fully saturated rings. The standard InChI is InChI=1S/C27H33N3O6/c1-6-8-11-14-29-25(31)23(26(32)36-7-2)24(30-19-13-10-9-12-18(19)28-27(29)30)17-15-21(34-4)22(35-5)16-20(17)33-3/h9-10,12-13,15-16,23-24H,6-8,11,14H2,1-5H3/t23-,24-/m0/s1. The molecule has 2 atom stereocenters. The second-order valence-corrected chi connectivity index (χ2v) is 8.59. The van der Waals surface area contributed by atoms with Gasteiger partial charge in [0.2, 0.25) is 11.9 Å². The van der Waals surface area contributed by atoms with E-state index in [1.807, 2.05) is 28.8 Å². The first-order chi connectivity index (χ1) is 17.5. The van der Waals surface area contributed by atoms with Crippen LogP contribution >= 0.6 is 0 Å². The molecule has 0 radical (unpaired) electrons. The third kappa shape index (κ3) is 4.34. The summed E-state index contributed by atoms with van der Waals surface area (Å²) >= 11 is 0. The maximum absolute atomic E-state index is 14.0. The Balaban J connectivity index is 2.02. The van der Waals surface area contributed by atoms with E-state index in [1.54, 1.807) is 31.1 Å². The number of hydrogen-bond donors (Lipinski definition) is 0. The van der Waals surface area contributed by atoms with Crippen LogP contribution in [0.5, 0.6) is 17.2 Å². The van der Waals surface area contributed by atoms with Crippen LogP contribution in [0.15, 0.2) is 36.4 Å². The third-order valence-corrected chi connectivity index (χ3v) is 6.52. The number of methoxy groups -OCH3 is 3. The van der Waals surface area contributed by atoms with Gasteiger partial charge in [-0.3, -0.25) is 14.5 Å². The van der Waals surface area contributed by atoms with Crippen molar-refractivity contribution in [3.8, 4) is 17.2 Å². The number of unbranched alkanes of at least 4 members (excludes halogenated alkanes) is 2. The topological polar surface area (TPSA) is 92.1 Å². The van der Waals surface area contributed by atoms with Gasteiger partial charge in [-0.15, -0.1) is 0 Å². The van der Waals surface area contributed by atoms with Crippen molar-refractivity contribution >= 4 is 28.9 Å². The van der Waals surface area contributed by atoms with Gasteiger partial charge in [0.1, 0.15) is 5.75 Å². The summed E-state index contributed by atoms with van der Waals surface area (Å²) in [6.45, 7) is 4.45. The molecule has 3 aromatic rings. The summed E-state index contributed by atoms with van der Waals surface area (Å²) in [4.78, 5) is 33.9. The molecular formula is C27H33N3O6. The van der Waals surface area contributed by atoms with Gasteiger partial charge >= 0.3 is 5.97 Å². The van der Waals surface area contributed by atoms with E-state index in [-0.39, 0.29) is 12.5 Å². The highest BCUT2D eigenvalue weighted by Gasteiger charge is 2.48. The molecule has 36 heavy (non-hydrogen) atoms. The van der Waals surface area contributed by atoms with Gasteiger partial charge in [-0.25, -0.2) is 4.98 Å². The molecular weight excluding hydrogens is 462 g/mol. The molecule has 0 bridgehead atoms. The summed E-state index contributed by atoms with van der Waals surface area (Å²) in [5.41, 5.74) is 2.13. The average molecular weight is 496 g/mol. The number of ether oxygens (including phenoxy) is 4. The highest BCUT2D eigenvalue weighted by Crippen LogP contribution is 2.47. The monoisotopic (exact) mass is 495 g/mol. The lowest BCUT2D eigenvalue weighted by Crippen LogP contribution is -2.50. The Kier molecular flexibility index (Phi) is 7.67. The van der Waals surface area contributed by atoms with Crippen LogP contribution < -0.4 is 19.1 Å². The number of aromatic nitrogens is 2. The number of hydrogen-bond acceptors (Lipinski definition) is 7. The summed E-state index contributed by atoms with van der Waals surface area (Å²) in [7, 11) is 4.62. The first kappa shape index (κ1) is 25.3. The molecule has 9 heteroatoms. The number of para-hydroxylation sites is 2. The number of esters is 1. The normalized spacial score (nSPS) is 17.1. The van der Waals surface area contributed by atoms with Crippen LogP contribution in [-0.4, -0.2) is 55.9 Å². The number of amides is 1. The number of carbonyl (C=O) groups is 2. The van der Waals surface area contributed by atoms with Crippen molar-refractivity contribution in [1.82, 2.24) is 9.55 Å². The maximum atomic E-state index is 14.0. The minimum Gasteiger partial charge on any atom is -0.496 e. The lowest BCUT2D eigenvalue weighted by molar-refractivity contribution is -0.153. The van der Waals surface area contributed by atoms with E-state index >= 15 is 0 Å². The van der Waals surface area contributed by atoms with E-state index in [9.17, 15) is 9.59 Å². The predicted molar refractivity (Wildman–Crippen MR) is 136 cm³/mol. The molecule has 192 valence electrons. The quantitative estimate of drug-likeness (QED) is 0.234. The van der Waals surface area contributed by atoms with Crippen molar-refractivity contribution in [2.45, 2.75) is 39.2 Å². The smallest absolute Gasteiger partial charge is 0.321 e. The summed E-state index contributed by atoms with van der Waals surface area (Å²) in [6, 6.07) is 10.3. The van der Waals surface area contributed by atoms with Gasteiger partial charge in [-0.05, 0) is 31.5 Å². The first-order valence-electron chi connectivity index (χ1n) is 12.2. The summed E-state index contributed by atoms with van der Waals surface area (Å²) in [6.07, 6.45) is 2.76. The summed E-state index contributed by atoms with van der Waals surface area (Å²) in [5.74, 6) is -0.168. The lowest BCUT2D eigenvalue weighted by atomic mass is 9.88. The molecule has 1 aliphatic rings. The van der Waals surface area contributed by atoms with Crippen molar-refractivity contribution in [3.63, 3.8) is 0 Å². The van der Waals surface area contributed by atoms with Crippen LogP contribution in [0.3, 0.4) is 0 Å². The first-order valence-corrected chi connectivity index (χ1v) is 12.2. The fourth-order valence-electron chi connectivity index (χ4n) is 4.84. The molecule has 9 nitrogen and oxygen atoms in total. The highest BCUT2D eigenvalue weighted by atomic mass is 16.5. The van der Waals surface area contributed by atoms with Crippen LogP contribution in [0.25, 0.3) is 11.0 Å². The number of imidazole rings is 1. The minimum absolute atomic E-state index is 0.159. The van der Waals surface area contributed by atoms with E-state index in [2.05, 4.69) is 6.92 Å². The molecule has 0 N–H and O–H groups in total. The van der Waals surface area contributed by atoms with Gasteiger partial charge in [-0.1, -0.05) is 31.9 Å². The van der Waals surface area contributed by atoms with Crippen LogP contribution in [-0.2, 0) is 14.3 Å². The fourth-order valence-corrected chi connectivity index (χ4v) is 4.84. The Morgan fingerprint density at radius 3 is 2.33 bits per heavy atom. The Labute approximate surface area is 210 Å². The van der Waals surface area contributed by atoms with Crippen LogP contribution in [0.2, 0.25) is 0 Å². The number of benzene rings is 2. The van der Waals surface area contributed by atoms with Crippen molar-refractivity contribution in [2.24, 2.45) is 5.92 Å². The van der Waals surface area contributed by atoms with Crippen molar-refractivity contribution in [3.05, 3.63) is 42.0 Å². The lowest BCUT2D eigenvalue weighted by Gasteiger charge is -2.38. The Morgan fingerprint density at radius 2 is 1.67 bits per heavy atom. The molecule has 0 saturated heterocycles. The second-order valence-electron chi connectivity index (χ2n) is 8.59. The summed E-state index contributed by atoms with van der Waals surface area (Å²) in [5, 5.41) is 0. The van der Waals surface area contributed by atoms with Crippen LogP contribution in [0.4, 0.5) is 5.95 Å². The van der Waals surface area contributed by atoms with Gasteiger partial charge < -0.3 is 23.5 Å². The highest BCUT2D eigenvalue weighted by molar-refractivity contribution is 6.08. The largest absolute Gasteiger partial charge is 0.496 e. The van der Waals surface area contributed by atoms with Gasteiger partial charge in [0.25, 0.3) is 0 Å². The summed E-state index contributed by atoms with van der Waals surface area (Å²) < 4.78 is 24.1. The SMILES string of the molecule is CCCCCN1C(=O)[C@@H](C(=O)OCC)[C@H](c2cc(OC)c(OC)cc2OC)n2c1nc1ccccc12. The predicted octanol–water partition coefficient (Wildman–Crippen LogP) is 4.37. The van der Waals surface area contributed by atoms with Gasteiger partial charge in [0, 0.05) is 18.2 Å². The number of anilines is 1. The van der Waals surface area contributed by atoms with E-state index < -0.39 is 17.9 Å². The molecule has 1 amide bonds. The number of nitrogens with zero attached hydrogens (tertiary/aromatic N) is 3. The Bertz CT molecular complexity index is 1250. The van der Waals surface area contributed by atoms with Crippen LogP contribution in [0.1, 0.15) is 44.7 Å². The molecule has 1 aliphatic heterocycles. The third-order valence-electron chi connectivity index (χ3n) is 6.52. The van der Waals surface area contributed by atoms with Crippen molar-refractivity contribution in [1.29, 1.82) is 0 Å². The molecule has 1 aromatic heterocycles. The van der Waals surface area contributed by atoms with Crippen molar-refractivity contribution in [2.75, 3.05) is 39.4 Å². The second kappa shape index (κ2) is 10.9. The Hall–Kier alpha value is -3.75. The number of fused-ring (bicyclic) bond motifs is 3. The van der Waals surface area contributed by atoms with E-state index in [1.165, 1.54) is 14.2 Å². The Morgan fingerprint density at radius 1 is 0.972 bits per heavy atom. The van der Waals surface area contributed by atoms with Crippen molar-refractivity contribution < 1.29 is 28.5 Å². The number of carbonyl (C=O) groups excluding carboxylic acids is 2. The van der Waals surface area contributed by atoms with E-state index in [0.717, 1.165) is 30.3 Å². The zero-order chi connectivity index (χ0) is 25.8. The molecule has 4 rings (SSSR count). The molecule has 2 heterocycles. The molecule has 0 saturated carbocycles.